The number of carbonyl (C=O) groups excluding carboxylic acids is 1. The fourth-order valence-corrected chi connectivity index (χ4v) is 2.86. The summed E-state index contributed by atoms with van der Waals surface area (Å²) in [6.45, 7) is 0.838. The normalized spacial score (nSPS) is 15.8. The first kappa shape index (κ1) is 10.8. The number of amides is 1. The van der Waals surface area contributed by atoms with Gasteiger partial charge in [-0.15, -0.1) is 0 Å². The molecule has 2 aromatic rings. The molecule has 0 spiro atoms. The Bertz CT molecular complexity index is 594. The number of fused-ring (bicyclic) bond motifs is 1. The summed E-state index contributed by atoms with van der Waals surface area (Å²) < 4.78 is 1.07. The van der Waals surface area contributed by atoms with Crippen molar-refractivity contribution in [3.8, 4) is 0 Å². The molecule has 0 aliphatic carbocycles. The first-order valence-electron chi connectivity index (χ1n) is 5.75. The first-order chi connectivity index (χ1) is 8.27. The van der Waals surface area contributed by atoms with E-state index >= 15 is 0 Å². The molecule has 1 aliphatic heterocycles. The lowest BCUT2D eigenvalue weighted by atomic mass is 10.1. The second-order valence-electron chi connectivity index (χ2n) is 4.26. The molecule has 3 heteroatoms. The highest BCUT2D eigenvalue weighted by Gasteiger charge is 2.23. The van der Waals surface area contributed by atoms with Crippen LogP contribution >= 0.6 is 15.9 Å². The molecule has 0 unspecified atom stereocenters. The van der Waals surface area contributed by atoms with Crippen LogP contribution in [0.25, 0.3) is 10.8 Å². The maximum absolute atomic E-state index is 11.8. The van der Waals surface area contributed by atoms with Gasteiger partial charge in [-0.05, 0) is 23.9 Å². The Labute approximate surface area is 108 Å². The Morgan fingerprint density at radius 1 is 1.06 bits per heavy atom. The van der Waals surface area contributed by atoms with Gasteiger partial charge in [0.05, 0.1) is 5.69 Å². The largest absolute Gasteiger partial charge is 0.312 e. The summed E-state index contributed by atoms with van der Waals surface area (Å²) in [5.74, 6) is 0.234. The topological polar surface area (TPSA) is 20.3 Å². The van der Waals surface area contributed by atoms with Crippen LogP contribution in [0.1, 0.15) is 12.8 Å². The highest BCUT2D eigenvalue weighted by molar-refractivity contribution is 9.10. The summed E-state index contributed by atoms with van der Waals surface area (Å²) in [7, 11) is 0. The monoisotopic (exact) mass is 289 g/mol. The number of hydrogen-bond donors (Lipinski definition) is 0. The van der Waals surface area contributed by atoms with Crippen LogP contribution in [0.4, 0.5) is 5.69 Å². The summed E-state index contributed by atoms with van der Waals surface area (Å²) in [6.07, 6.45) is 1.63. The van der Waals surface area contributed by atoms with Gasteiger partial charge in [-0.1, -0.05) is 40.2 Å². The van der Waals surface area contributed by atoms with Crippen LogP contribution in [0.5, 0.6) is 0 Å². The average molecular weight is 290 g/mol. The van der Waals surface area contributed by atoms with E-state index in [0.29, 0.717) is 6.42 Å². The van der Waals surface area contributed by atoms with E-state index in [9.17, 15) is 4.79 Å². The molecule has 0 aromatic heterocycles. The number of carbonyl (C=O) groups is 1. The number of nitrogens with zero attached hydrogens (tertiary/aromatic N) is 1. The van der Waals surface area contributed by atoms with Crippen molar-refractivity contribution in [2.75, 3.05) is 11.4 Å². The SMILES string of the molecule is O=C1CCCN1c1ccc(Br)c2ccccc12. The van der Waals surface area contributed by atoms with E-state index in [1.165, 1.54) is 0 Å². The minimum atomic E-state index is 0.234. The second kappa shape index (κ2) is 4.15. The lowest BCUT2D eigenvalue weighted by Gasteiger charge is -2.18. The van der Waals surface area contributed by atoms with Gasteiger partial charge in [-0.25, -0.2) is 0 Å². The highest BCUT2D eigenvalue weighted by Crippen LogP contribution is 2.34. The molecule has 86 valence electrons. The van der Waals surface area contributed by atoms with E-state index in [0.717, 1.165) is 33.9 Å². The Balaban J connectivity index is 2.23. The van der Waals surface area contributed by atoms with Gasteiger partial charge in [0.2, 0.25) is 5.91 Å². The van der Waals surface area contributed by atoms with Gasteiger partial charge in [0.25, 0.3) is 0 Å². The zero-order valence-corrected chi connectivity index (χ0v) is 10.9. The number of anilines is 1. The van der Waals surface area contributed by atoms with Gasteiger partial charge in [0, 0.05) is 22.8 Å². The third-order valence-corrected chi connectivity index (χ3v) is 3.90. The first-order valence-corrected chi connectivity index (χ1v) is 6.54. The minimum Gasteiger partial charge on any atom is -0.312 e. The quantitative estimate of drug-likeness (QED) is 0.783. The summed E-state index contributed by atoms with van der Waals surface area (Å²) in [6, 6.07) is 12.2. The van der Waals surface area contributed by atoms with Crippen molar-refractivity contribution in [2.45, 2.75) is 12.8 Å². The molecule has 0 radical (unpaired) electrons. The summed E-state index contributed by atoms with van der Waals surface area (Å²) in [4.78, 5) is 13.7. The molecular formula is C14H12BrNO. The van der Waals surface area contributed by atoms with Gasteiger partial charge in [-0.2, -0.15) is 0 Å². The zero-order valence-electron chi connectivity index (χ0n) is 9.32. The number of rotatable bonds is 1. The van der Waals surface area contributed by atoms with E-state index in [4.69, 9.17) is 0 Å². The highest BCUT2D eigenvalue weighted by atomic mass is 79.9. The van der Waals surface area contributed by atoms with Crippen molar-refractivity contribution in [3.05, 3.63) is 40.9 Å². The van der Waals surface area contributed by atoms with Crippen LogP contribution in [0.15, 0.2) is 40.9 Å². The maximum Gasteiger partial charge on any atom is 0.227 e. The Morgan fingerprint density at radius 3 is 2.53 bits per heavy atom. The maximum atomic E-state index is 11.8. The molecule has 3 rings (SSSR count). The van der Waals surface area contributed by atoms with Crippen LogP contribution in [0.3, 0.4) is 0 Å². The zero-order chi connectivity index (χ0) is 11.8. The van der Waals surface area contributed by atoms with Crippen molar-refractivity contribution >= 4 is 38.3 Å². The number of halogens is 1. The smallest absolute Gasteiger partial charge is 0.227 e. The van der Waals surface area contributed by atoms with E-state index in [1.807, 2.05) is 29.2 Å². The Morgan fingerprint density at radius 2 is 1.82 bits per heavy atom. The molecule has 1 saturated heterocycles. The summed E-state index contributed by atoms with van der Waals surface area (Å²) >= 11 is 3.55. The molecule has 1 amide bonds. The van der Waals surface area contributed by atoms with Crippen molar-refractivity contribution in [1.82, 2.24) is 0 Å². The molecular weight excluding hydrogens is 278 g/mol. The molecule has 1 heterocycles. The predicted octanol–water partition coefficient (Wildman–Crippen LogP) is 3.73. The van der Waals surface area contributed by atoms with Gasteiger partial charge in [0.1, 0.15) is 0 Å². The molecule has 0 saturated carbocycles. The lowest BCUT2D eigenvalue weighted by molar-refractivity contribution is -0.117. The van der Waals surface area contributed by atoms with Crippen LogP contribution in [0.2, 0.25) is 0 Å². The average Bonchev–Trinajstić information content (AvgIpc) is 2.77. The van der Waals surface area contributed by atoms with Gasteiger partial charge in [0.15, 0.2) is 0 Å². The lowest BCUT2D eigenvalue weighted by Crippen LogP contribution is -2.23. The van der Waals surface area contributed by atoms with Crippen LogP contribution in [-0.2, 0) is 4.79 Å². The molecule has 0 bridgehead atoms. The summed E-state index contributed by atoms with van der Waals surface area (Å²) in [5.41, 5.74) is 1.03. The Hall–Kier alpha value is -1.35. The predicted molar refractivity (Wildman–Crippen MR) is 73.2 cm³/mol. The Kier molecular flexibility index (Phi) is 2.63. The van der Waals surface area contributed by atoms with Crippen molar-refractivity contribution in [2.24, 2.45) is 0 Å². The van der Waals surface area contributed by atoms with Gasteiger partial charge in [-0.3, -0.25) is 4.79 Å². The van der Waals surface area contributed by atoms with Crippen LogP contribution in [0, 0.1) is 0 Å². The standard InChI is InChI=1S/C14H12BrNO/c15-12-7-8-13(16-9-3-6-14(16)17)11-5-2-1-4-10(11)12/h1-2,4-5,7-8H,3,6,9H2. The van der Waals surface area contributed by atoms with Gasteiger partial charge < -0.3 is 4.90 Å². The van der Waals surface area contributed by atoms with E-state index in [1.54, 1.807) is 0 Å². The fourth-order valence-electron chi connectivity index (χ4n) is 2.38. The minimum absolute atomic E-state index is 0.234. The molecule has 2 nitrogen and oxygen atoms in total. The molecule has 0 N–H and O–H groups in total. The third-order valence-electron chi connectivity index (χ3n) is 3.21. The van der Waals surface area contributed by atoms with Crippen LogP contribution < -0.4 is 4.90 Å². The third kappa shape index (κ3) is 1.75. The van der Waals surface area contributed by atoms with E-state index in [-0.39, 0.29) is 5.91 Å². The number of benzene rings is 2. The summed E-state index contributed by atoms with van der Waals surface area (Å²) in [5, 5.41) is 2.29. The van der Waals surface area contributed by atoms with E-state index in [2.05, 4.69) is 28.1 Å². The van der Waals surface area contributed by atoms with Crippen molar-refractivity contribution in [3.63, 3.8) is 0 Å². The second-order valence-corrected chi connectivity index (χ2v) is 5.12. The van der Waals surface area contributed by atoms with Gasteiger partial charge >= 0.3 is 0 Å². The van der Waals surface area contributed by atoms with Crippen molar-refractivity contribution in [1.29, 1.82) is 0 Å². The molecule has 2 aromatic carbocycles. The van der Waals surface area contributed by atoms with E-state index < -0.39 is 0 Å². The molecule has 1 fully saturated rings. The number of hydrogen-bond acceptors (Lipinski definition) is 1. The fraction of sp³-hybridized carbons (Fsp3) is 0.214. The van der Waals surface area contributed by atoms with Crippen LogP contribution in [-0.4, -0.2) is 12.5 Å². The molecule has 17 heavy (non-hydrogen) atoms. The molecule has 1 aliphatic rings. The van der Waals surface area contributed by atoms with Crippen molar-refractivity contribution < 1.29 is 4.79 Å². The molecule has 0 atom stereocenters.